The number of hydrogen-bond donors (Lipinski definition) is 0. The van der Waals surface area contributed by atoms with Crippen LogP contribution in [0.5, 0.6) is 0 Å². The summed E-state index contributed by atoms with van der Waals surface area (Å²) in [5.74, 6) is 0. The number of thiazole rings is 1. The third kappa shape index (κ3) is 2.61. The van der Waals surface area contributed by atoms with Crippen LogP contribution in [0.15, 0.2) is 29.9 Å². The van der Waals surface area contributed by atoms with Crippen LogP contribution in [0, 0.1) is 0 Å². The summed E-state index contributed by atoms with van der Waals surface area (Å²) in [6, 6.07) is 3.74. The van der Waals surface area contributed by atoms with Gasteiger partial charge >= 0.3 is 0 Å². The predicted molar refractivity (Wildman–Crippen MR) is 78.9 cm³/mol. The molecule has 0 aliphatic carbocycles. The van der Waals surface area contributed by atoms with E-state index < -0.39 is 10.0 Å². The number of pyridine rings is 1. The molecule has 20 heavy (non-hydrogen) atoms. The Hall–Kier alpha value is -1.31. The summed E-state index contributed by atoms with van der Waals surface area (Å²) in [6.07, 6.45) is 6.50. The van der Waals surface area contributed by atoms with Crippen molar-refractivity contribution in [3.8, 4) is 10.6 Å². The molecule has 0 aromatic carbocycles. The van der Waals surface area contributed by atoms with Gasteiger partial charge in [0.2, 0.25) is 10.0 Å². The molecule has 0 amide bonds. The van der Waals surface area contributed by atoms with Crippen molar-refractivity contribution >= 4 is 21.4 Å². The summed E-state index contributed by atoms with van der Waals surface area (Å²) >= 11 is 1.56. The summed E-state index contributed by atoms with van der Waals surface area (Å²) in [6.45, 7) is 0.583. The van der Waals surface area contributed by atoms with Gasteiger partial charge in [-0.1, -0.05) is 0 Å². The second-order valence-electron chi connectivity index (χ2n) is 4.84. The molecule has 0 radical (unpaired) electrons. The highest BCUT2D eigenvalue weighted by Gasteiger charge is 2.33. The molecule has 7 heteroatoms. The summed E-state index contributed by atoms with van der Waals surface area (Å²) < 4.78 is 25.1. The van der Waals surface area contributed by atoms with E-state index in [9.17, 15) is 8.42 Å². The Morgan fingerprint density at radius 3 is 2.80 bits per heavy atom. The maximum absolute atomic E-state index is 11.8. The number of aromatic nitrogens is 2. The molecule has 0 N–H and O–H groups in total. The lowest BCUT2D eigenvalue weighted by molar-refractivity contribution is 0.394. The molecule has 1 saturated heterocycles. The third-order valence-electron chi connectivity index (χ3n) is 3.44. The maximum Gasteiger partial charge on any atom is 0.211 e. The Balaban J connectivity index is 1.88. The van der Waals surface area contributed by atoms with E-state index in [2.05, 4.69) is 9.97 Å². The van der Waals surface area contributed by atoms with Gasteiger partial charge in [-0.2, -0.15) is 4.31 Å². The third-order valence-corrected chi connectivity index (χ3v) is 5.55. The van der Waals surface area contributed by atoms with Gasteiger partial charge in [-0.05, 0) is 25.0 Å². The van der Waals surface area contributed by atoms with Crippen LogP contribution in [-0.4, -0.2) is 35.5 Å². The molecule has 106 valence electrons. The number of rotatable bonds is 3. The lowest BCUT2D eigenvalue weighted by Crippen LogP contribution is -2.29. The molecule has 5 nitrogen and oxygen atoms in total. The minimum atomic E-state index is -3.17. The zero-order valence-corrected chi connectivity index (χ0v) is 12.7. The van der Waals surface area contributed by atoms with Crippen LogP contribution in [-0.2, 0) is 10.0 Å². The standard InChI is InChI=1S/C13H15N3O2S2/c1-20(17,18)16-7-2-3-12(16)11-5-4-10(9-15-11)13-14-6-8-19-13/h4-6,8-9,12H,2-3,7H2,1H3. The smallest absolute Gasteiger partial charge is 0.211 e. The first-order valence-electron chi connectivity index (χ1n) is 6.38. The Labute approximate surface area is 122 Å². The van der Waals surface area contributed by atoms with Crippen molar-refractivity contribution in [2.24, 2.45) is 0 Å². The molecular weight excluding hydrogens is 294 g/mol. The topological polar surface area (TPSA) is 63.2 Å². The molecular formula is C13H15N3O2S2. The van der Waals surface area contributed by atoms with Gasteiger partial charge in [-0.15, -0.1) is 11.3 Å². The van der Waals surface area contributed by atoms with Crippen LogP contribution in [0.4, 0.5) is 0 Å². The van der Waals surface area contributed by atoms with Crippen molar-refractivity contribution in [2.75, 3.05) is 12.8 Å². The molecule has 1 aliphatic rings. The summed E-state index contributed by atoms with van der Waals surface area (Å²) in [7, 11) is -3.17. The monoisotopic (exact) mass is 309 g/mol. The first-order chi connectivity index (χ1) is 9.55. The lowest BCUT2D eigenvalue weighted by Gasteiger charge is -2.21. The van der Waals surface area contributed by atoms with Crippen LogP contribution < -0.4 is 0 Å². The van der Waals surface area contributed by atoms with Crippen molar-refractivity contribution in [1.29, 1.82) is 0 Å². The van der Waals surface area contributed by atoms with E-state index in [-0.39, 0.29) is 6.04 Å². The minimum Gasteiger partial charge on any atom is -0.259 e. The van der Waals surface area contributed by atoms with Crippen molar-refractivity contribution in [3.63, 3.8) is 0 Å². The average Bonchev–Trinajstić information content (AvgIpc) is 3.10. The van der Waals surface area contributed by atoms with Crippen molar-refractivity contribution in [3.05, 3.63) is 35.6 Å². The van der Waals surface area contributed by atoms with Gasteiger partial charge < -0.3 is 0 Å². The second-order valence-corrected chi connectivity index (χ2v) is 7.67. The van der Waals surface area contributed by atoms with E-state index in [0.29, 0.717) is 6.54 Å². The van der Waals surface area contributed by atoms with Gasteiger partial charge in [0, 0.05) is 29.9 Å². The quantitative estimate of drug-likeness (QED) is 0.873. The maximum atomic E-state index is 11.8. The molecule has 1 aliphatic heterocycles. The summed E-state index contributed by atoms with van der Waals surface area (Å²) in [5, 5.41) is 2.85. The molecule has 1 fully saturated rings. The zero-order chi connectivity index (χ0) is 14.2. The first kappa shape index (κ1) is 13.7. The van der Waals surface area contributed by atoms with E-state index in [0.717, 1.165) is 29.1 Å². The normalized spacial score (nSPS) is 20.4. The minimum absolute atomic E-state index is 0.129. The largest absolute Gasteiger partial charge is 0.259 e. The van der Waals surface area contributed by atoms with E-state index in [1.807, 2.05) is 17.5 Å². The molecule has 0 bridgehead atoms. The van der Waals surface area contributed by atoms with Crippen molar-refractivity contribution in [2.45, 2.75) is 18.9 Å². The molecule has 0 spiro atoms. The highest BCUT2D eigenvalue weighted by molar-refractivity contribution is 7.88. The van der Waals surface area contributed by atoms with E-state index in [1.54, 1.807) is 28.0 Å². The molecule has 3 rings (SSSR count). The van der Waals surface area contributed by atoms with Crippen LogP contribution in [0.25, 0.3) is 10.6 Å². The fourth-order valence-corrected chi connectivity index (χ4v) is 4.29. The number of sulfonamides is 1. The first-order valence-corrected chi connectivity index (χ1v) is 9.11. The fourth-order valence-electron chi connectivity index (χ4n) is 2.53. The Morgan fingerprint density at radius 2 is 2.20 bits per heavy atom. The molecule has 1 unspecified atom stereocenters. The fraction of sp³-hybridized carbons (Fsp3) is 0.385. The Kier molecular flexibility index (Phi) is 3.57. The van der Waals surface area contributed by atoms with E-state index >= 15 is 0 Å². The summed E-state index contributed by atoms with van der Waals surface area (Å²) in [5.41, 5.74) is 1.78. The second kappa shape index (κ2) is 5.23. The number of hydrogen-bond acceptors (Lipinski definition) is 5. The Bertz CT molecular complexity index is 681. The summed E-state index contributed by atoms with van der Waals surface area (Å²) in [4.78, 5) is 8.68. The SMILES string of the molecule is CS(=O)(=O)N1CCCC1c1ccc(-c2nccs2)cn1. The lowest BCUT2D eigenvalue weighted by atomic mass is 10.1. The van der Waals surface area contributed by atoms with Gasteiger partial charge in [0.15, 0.2) is 0 Å². The van der Waals surface area contributed by atoms with Crippen molar-refractivity contribution in [1.82, 2.24) is 14.3 Å². The predicted octanol–water partition coefficient (Wildman–Crippen LogP) is 2.30. The van der Waals surface area contributed by atoms with Gasteiger partial charge in [0.25, 0.3) is 0 Å². The molecule has 2 aromatic heterocycles. The highest BCUT2D eigenvalue weighted by atomic mass is 32.2. The van der Waals surface area contributed by atoms with Crippen LogP contribution >= 0.6 is 11.3 Å². The molecule has 0 saturated carbocycles. The molecule has 1 atom stereocenters. The average molecular weight is 309 g/mol. The highest BCUT2D eigenvalue weighted by Crippen LogP contribution is 2.33. The van der Waals surface area contributed by atoms with E-state index in [4.69, 9.17) is 0 Å². The van der Waals surface area contributed by atoms with Crippen LogP contribution in [0.1, 0.15) is 24.6 Å². The van der Waals surface area contributed by atoms with Crippen LogP contribution in [0.2, 0.25) is 0 Å². The molecule has 2 aromatic rings. The van der Waals surface area contributed by atoms with Gasteiger partial charge in [0.1, 0.15) is 5.01 Å². The van der Waals surface area contributed by atoms with Gasteiger partial charge in [-0.25, -0.2) is 13.4 Å². The zero-order valence-electron chi connectivity index (χ0n) is 11.1. The number of nitrogens with zero attached hydrogens (tertiary/aromatic N) is 3. The Morgan fingerprint density at radius 1 is 1.35 bits per heavy atom. The van der Waals surface area contributed by atoms with Gasteiger partial charge in [0.05, 0.1) is 18.0 Å². The molecule has 3 heterocycles. The van der Waals surface area contributed by atoms with Crippen LogP contribution in [0.3, 0.4) is 0 Å². The van der Waals surface area contributed by atoms with Gasteiger partial charge in [-0.3, -0.25) is 4.98 Å². The van der Waals surface area contributed by atoms with E-state index in [1.165, 1.54) is 6.26 Å². The van der Waals surface area contributed by atoms with Crippen molar-refractivity contribution < 1.29 is 8.42 Å².